The summed E-state index contributed by atoms with van der Waals surface area (Å²) >= 11 is 0. The van der Waals surface area contributed by atoms with Crippen molar-refractivity contribution in [1.82, 2.24) is 16.0 Å². The molecule has 0 aliphatic rings. The molecular formula is C31H54N8O6PY-. The fourth-order valence-electron chi connectivity index (χ4n) is 3.94. The fourth-order valence-corrected chi connectivity index (χ4v) is 3.94. The number of hydrogen-bond donors (Lipinski definition) is 8. The van der Waals surface area contributed by atoms with Crippen molar-refractivity contribution < 1.29 is 61.6 Å². The summed E-state index contributed by atoms with van der Waals surface area (Å²) < 4.78 is 0. The van der Waals surface area contributed by atoms with Crippen LogP contribution in [0.1, 0.15) is 77.8 Å². The van der Waals surface area contributed by atoms with Gasteiger partial charge in [0.15, 0.2) is 0 Å². The zero-order chi connectivity index (χ0) is 34.0. The van der Waals surface area contributed by atoms with E-state index in [9.17, 15) is 19.2 Å². The van der Waals surface area contributed by atoms with Gasteiger partial charge in [0.2, 0.25) is 11.8 Å². The van der Waals surface area contributed by atoms with E-state index >= 15 is 0 Å². The molecule has 0 saturated heterocycles. The van der Waals surface area contributed by atoms with Gasteiger partial charge in [-0.15, -0.1) is 0 Å². The van der Waals surface area contributed by atoms with Gasteiger partial charge in [-0.1, -0.05) is 31.7 Å². The Hall–Kier alpha value is -2.39. The Morgan fingerprint density at radius 1 is 0.766 bits per heavy atom. The summed E-state index contributed by atoms with van der Waals surface area (Å²) in [5, 5.41) is 8.51. The molecule has 0 heterocycles. The van der Waals surface area contributed by atoms with Gasteiger partial charge in [0, 0.05) is 56.9 Å². The molecule has 14 nitrogen and oxygen atoms in total. The van der Waals surface area contributed by atoms with Gasteiger partial charge in [-0.2, -0.15) is 0 Å². The monoisotopic (exact) mass is 754 g/mol. The van der Waals surface area contributed by atoms with Crippen LogP contribution in [0.5, 0.6) is 0 Å². The minimum Gasteiger partial charge on any atom is -0.368 e. The minimum atomic E-state index is -0.617. The van der Waals surface area contributed by atoms with Crippen LogP contribution < -0.4 is 44.9 Å². The molecule has 47 heavy (non-hydrogen) atoms. The number of carbonyl (C=O) groups is 4. The molecule has 2 aromatic rings. The molecule has 13 N–H and O–H groups in total. The van der Waals surface area contributed by atoms with Crippen molar-refractivity contribution in [1.29, 1.82) is 0 Å². The Labute approximate surface area is 306 Å². The quantitative estimate of drug-likeness (QED) is 0.0439. The summed E-state index contributed by atoms with van der Waals surface area (Å²) in [6, 6.07) is 13.2. The second-order valence-corrected chi connectivity index (χ2v) is 9.78. The van der Waals surface area contributed by atoms with Crippen molar-refractivity contribution >= 4 is 32.9 Å². The third-order valence-electron chi connectivity index (χ3n) is 6.37. The zero-order valence-corrected chi connectivity index (χ0v) is 30.5. The summed E-state index contributed by atoms with van der Waals surface area (Å²) in [4.78, 5) is 54.8. The van der Waals surface area contributed by atoms with Gasteiger partial charge in [-0.25, -0.2) is 11.8 Å². The Kier molecular flexibility index (Phi) is 32.2. The van der Waals surface area contributed by atoms with E-state index in [4.69, 9.17) is 29.0 Å². The van der Waals surface area contributed by atoms with Crippen LogP contribution in [-0.4, -0.2) is 55.8 Å². The SMILES string of the molecule is C.CN[C@@H](CCCCNC(=O)c1cccc(CON)c1)C(N)=O.NOCc1cccc(C(=O)NCCCC[C@H](N)C(N)=O)c1.[CH2-]P.[Y]. The van der Waals surface area contributed by atoms with E-state index in [0.29, 0.717) is 37.1 Å². The maximum atomic E-state index is 12.0. The summed E-state index contributed by atoms with van der Waals surface area (Å²) in [5.41, 5.74) is 18.6. The Morgan fingerprint density at radius 2 is 1.19 bits per heavy atom. The number of benzene rings is 2. The van der Waals surface area contributed by atoms with Crippen molar-refractivity contribution in [3.05, 3.63) is 77.4 Å². The van der Waals surface area contributed by atoms with Crippen LogP contribution in [0, 0.1) is 6.66 Å². The molecule has 4 amide bonds. The van der Waals surface area contributed by atoms with Crippen LogP contribution in [0.4, 0.5) is 0 Å². The summed E-state index contributed by atoms with van der Waals surface area (Å²) in [6.07, 6.45) is 4.22. The number of nitrogens with one attached hydrogen (secondary N) is 3. The molecular weight excluding hydrogens is 700 g/mol. The molecule has 0 aliphatic heterocycles. The normalized spacial score (nSPS) is 11.0. The molecule has 263 valence electrons. The number of rotatable bonds is 19. The van der Waals surface area contributed by atoms with E-state index in [2.05, 4.69) is 41.5 Å². The van der Waals surface area contributed by atoms with Crippen molar-refractivity contribution in [3.8, 4) is 0 Å². The third-order valence-corrected chi connectivity index (χ3v) is 6.37. The van der Waals surface area contributed by atoms with Gasteiger partial charge in [0.05, 0.1) is 25.3 Å². The average Bonchev–Trinajstić information content (AvgIpc) is 3.04. The first kappa shape index (κ1) is 49.0. The van der Waals surface area contributed by atoms with E-state index < -0.39 is 11.9 Å². The first-order valence-electron chi connectivity index (χ1n) is 14.4. The predicted octanol–water partition coefficient (Wildman–Crippen LogP) is 1.13. The first-order valence-corrected chi connectivity index (χ1v) is 15.2. The molecule has 3 atom stereocenters. The average molecular weight is 755 g/mol. The predicted molar refractivity (Wildman–Crippen MR) is 184 cm³/mol. The van der Waals surface area contributed by atoms with Crippen LogP contribution in [0.25, 0.3) is 0 Å². The van der Waals surface area contributed by atoms with Crippen LogP contribution in [0.3, 0.4) is 0 Å². The topological polar surface area (TPSA) is 253 Å². The van der Waals surface area contributed by atoms with Crippen LogP contribution in [0.2, 0.25) is 0 Å². The van der Waals surface area contributed by atoms with Crippen molar-refractivity contribution in [3.63, 3.8) is 0 Å². The number of nitrogens with two attached hydrogens (primary N) is 5. The molecule has 16 heteroatoms. The number of unbranched alkanes of at least 4 members (excludes halogenated alkanes) is 2. The number of primary amides is 2. The molecule has 0 aromatic heterocycles. The molecule has 0 saturated carbocycles. The first-order chi connectivity index (χ1) is 21.6. The summed E-state index contributed by atoms with van der Waals surface area (Å²) in [6.45, 7) is 4.75. The number of carbonyl (C=O) groups excluding carboxylic acids is 4. The van der Waals surface area contributed by atoms with Gasteiger partial charge in [0.25, 0.3) is 11.8 Å². The van der Waals surface area contributed by atoms with Gasteiger partial charge in [0.1, 0.15) is 0 Å². The molecule has 2 aromatic carbocycles. The molecule has 0 bridgehead atoms. The third kappa shape index (κ3) is 22.8. The van der Waals surface area contributed by atoms with E-state index in [1.54, 1.807) is 43.4 Å². The van der Waals surface area contributed by atoms with Crippen molar-refractivity contribution in [2.75, 3.05) is 20.1 Å². The van der Waals surface area contributed by atoms with Crippen LogP contribution >= 0.6 is 9.24 Å². The molecule has 1 radical (unpaired) electrons. The summed E-state index contributed by atoms with van der Waals surface area (Å²) in [7, 11) is 3.87. The number of hydrogen-bond acceptors (Lipinski definition) is 10. The number of amides is 4. The maximum absolute atomic E-state index is 12.0. The Bertz CT molecular complexity index is 1160. The van der Waals surface area contributed by atoms with Crippen molar-refractivity contribution in [2.24, 2.45) is 29.0 Å². The van der Waals surface area contributed by atoms with E-state index in [1.807, 2.05) is 12.1 Å². The molecule has 2 rings (SSSR count). The smallest absolute Gasteiger partial charge is 0.251 e. The zero-order valence-electron chi connectivity index (χ0n) is 26.5. The van der Waals surface area contributed by atoms with Crippen LogP contribution in [-0.2, 0) is 65.2 Å². The minimum absolute atomic E-state index is 0. The van der Waals surface area contributed by atoms with Gasteiger partial charge < -0.3 is 49.1 Å². The van der Waals surface area contributed by atoms with Crippen LogP contribution in [0.15, 0.2) is 48.5 Å². The standard InChI is InChI=1S/C15H24N4O3.C14H22N4O3.CH4P.CH4.Y/c1-18-13(14(16)20)7-2-3-8-19-15(21)12-6-4-5-11(9-12)10-22-17;15-12(13(16)19)6-1-2-7-18-14(20)11-5-3-4-10(8-11)9-21-17;1-2;;/h4-6,9,13,18H,2-3,7-8,10,17H2,1H3,(H2,16,20)(H,19,21);3-5,8,12H,1-2,6-7,9,15,17H2,(H2,16,19)(H,18,20);1-2H2;1H4;/q;;-1;;/t13-;12-;;;/m00.../s1. The maximum Gasteiger partial charge on any atom is 0.251 e. The van der Waals surface area contributed by atoms with Gasteiger partial charge in [-0.3, -0.25) is 28.9 Å². The Morgan fingerprint density at radius 3 is 1.55 bits per heavy atom. The fraction of sp³-hybridized carbons (Fsp3) is 0.452. The second kappa shape index (κ2) is 30.9. The molecule has 1 unspecified atom stereocenters. The number of likely N-dealkylation sites (N-methyl/N-ethyl adjacent to an activating group) is 1. The molecule has 0 spiro atoms. The molecule has 0 fully saturated rings. The van der Waals surface area contributed by atoms with E-state index in [-0.39, 0.29) is 77.1 Å². The van der Waals surface area contributed by atoms with Gasteiger partial charge in [-0.05, 0) is 81.0 Å². The largest absolute Gasteiger partial charge is 0.368 e. The van der Waals surface area contributed by atoms with E-state index in [0.717, 1.165) is 36.8 Å². The Balaban J connectivity index is -0.000000752. The second-order valence-electron chi connectivity index (χ2n) is 9.78. The van der Waals surface area contributed by atoms with Gasteiger partial charge >= 0.3 is 0 Å². The summed E-state index contributed by atoms with van der Waals surface area (Å²) in [5.74, 6) is 8.86. The van der Waals surface area contributed by atoms with Crippen molar-refractivity contribution in [2.45, 2.75) is 71.2 Å². The van der Waals surface area contributed by atoms with E-state index in [1.165, 1.54) is 0 Å². The molecule has 0 aliphatic carbocycles.